The summed E-state index contributed by atoms with van der Waals surface area (Å²) in [5, 5.41) is 0. The molecule has 0 amide bonds. The van der Waals surface area contributed by atoms with Crippen LogP contribution in [0.5, 0.6) is 0 Å². The molecule has 0 radical (unpaired) electrons. The molecule has 0 fully saturated rings. The fourth-order valence-electron chi connectivity index (χ4n) is 3.98. The maximum absolute atomic E-state index is 12.0. The second-order valence-electron chi connectivity index (χ2n) is 11.1. The number of esters is 2. The summed E-state index contributed by atoms with van der Waals surface area (Å²) in [6.45, 7) is 13.8. The van der Waals surface area contributed by atoms with Gasteiger partial charge in [-0.05, 0) is 36.5 Å². The van der Waals surface area contributed by atoms with Crippen molar-refractivity contribution >= 4 is 11.9 Å². The fourth-order valence-corrected chi connectivity index (χ4v) is 3.98. The summed E-state index contributed by atoms with van der Waals surface area (Å²) in [6, 6.07) is 0. The summed E-state index contributed by atoms with van der Waals surface area (Å²) >= 11 is 0. The summed E-state index contributed by atoms with van der Waals surface area (Å²) in [5.74, 6) is 1.76. The molecule has 1 atom stereocenters. The van der Waals surface area contributed by atoms with Crippen LogP contribution in [0.2, 0.25) is 0 Å². The fraction of sp³-hybridized carbons (Fsp3) is 0.931. The summed E-state index contributed by atoms with van der Waals surface area (Å²) < 4.78 is 10.6. The highest BCUT2D eigenvalue weighted by Gasteiger charge is 2.18. The average Bonchev–Trinajstić information content (AvgIpc) is 2.75. The van der Waals surface area contributed by atoms with Gasteiger partial charge in [-0.3, -0.25) is 9.59 Å². The zero-order chi connectivity index (χ0) is 24.9. The lowest BCUT2D eigenvalue weighted by molar-refractivity contribution is -0.146. The van der Waals surface area contributed by atoms with Gasteiger partial charge in [0, 0.05) is 12.8 Å². The molecule has 0 spiro atoms. The van der Waals surface area contributed by atoms with Crippen molar-refractivity contribution in [2.45, 2.75) is 138 Å². The highest BCUT2D eigenvalue weighted by Crippen LogP contribution is 2.23. The van der Waals surface area contributed by atoms with Crippen LogP contribution in [0.25, 0.3) is 0 Å². The van der Waals surface area contributed by atoms with Gasteiger partial charge in [0.1, 0.15) is 0 Å². The first-order chi connectivity index (χ1) is 15.7. The number of carbonyl (C=O) groups excluding carboxylic acids is 2. The van der Waals surface area contributed by atoms with E-state index in [1.807, 2.05) is 0 Å². The third-order valence-electron chi connectivity index (χ3n) is 6.23. The first kappa shape index (κ1) is 31.9. The van der Waals surface area contributed by atoms with Gasteiger partial charge in [-0.2, -0.15) is 0 Å². The van der Waals surface area contributed by atoms with E-state index in [0.717, 1.165) is 19.3 Å². The highest BCUT2D eigenvalue weighted by atomic mass is 16.5. The maximum Gasteiger partial charge on any atom is 0.306 e. The predicted octanol–water partition coefficient (Wildman–Crippen LogP) is 8.51. The lowest BCUT2D eigenvalue weighted by Crippen LogP contribution is -2.18. The van der Waals surface area contributed by atoms with E-state index in [9.17, 15) is 9.59 Å². The Morgan fingerprint density at radius 2 is 0.939 bits per heavy atom. The second-order valence-corrected chi connectivity index (χ2v) is 11.1. The van der Waals surface area contributed by atoms with Crippen LogP contribution >= 0.6 is 0 Å². The van der Waals surface area contributed by atoms with Crippen molar-refractivity contribution < 1.29 is 19.1 Å². The smallest absolute Gasteiger partial charge is 0.306 e. The molecule has 0 N–H and O–H groups in total. The van der Waals surface area contributed by atoms with E-state index in [-0.39, 0.29) is 11.9 Å². The SMILES string of the molecule is CC(C)COC(=O)CCCCCCCCCCCCCCC(CC(=O)OCC(C)C)C(C)C. The van der Waals surface area contributed by atoms with Gasteiger partial charge in [0.25, 0.3) is 0 Å². The monoisotopic (exact) mass is 468 g/mol. The van der Waals surface area contributed by atoms with Crippen molar-refractivity contribution in [3.8, 4) is 0 Å². The van der Waals surface area contributed by atoms with Crippen molar-refractivity contribution in [3.05, 3.63) is 0 Å². The Labute approximate surface area is 206 Å². The van der Waals surface area contributed by atoms with Crippen molar-refractivity contribution in [2.75, 3.05) is 13.2 Å². The molecule has 0 bridgehead atoms. The van der Waals surface area contributed by atoms with Gasteiger partial charge >= 0.3 is 11.9 Å². The van der Waals surface area contributed by atoms with Gasteiger partial charge in [0.15, 0.2) is 0 Å². The van der Waals surface area contributed by atoms with E-state index in [1.165, 1.54) is 64.2 Å². The van der Waals surface area contributed by atoms with Gasteiger partial charge in [-0.25, -0.2) is 0 Å². The molecule has 0 aromatic heterocycles. The van der Waals surface area contributed by atoms with Crippen LogP contribution in [0.4, 0.5) is 0 Å². The molecule has 0 aliphatic rings. The van der Waals surface area contributed by atoms with E-state index in [4.69, 9.17) is 9.47 Å². The minimum atomic E-state index is -0.0347. The van der Waals surface area contributed by atoms with Crippen molar-refractivity contribution in [3.63, 3.8) is 0 Å². The molecule has 0 aromatic rings. The molecule has 196 valence electrons. The van der Waals surface area contributed by atoms with Gasteiger partial charge in [0.05, 0.1) is 13.2 Å². The molecule has 0 aliphatic heterocycles. The maximum atomic E-state index is 12.0. The minimum Gasteiger partial charge on any atom is -0.465 e. The van der Waals surface area contributed by atoms with Crippen LogP contribution in [-0.4, -0.2) is 25.2 Å². The Morgan fingerprint density at radius 3 is 1.36 bits per heavy atom. The Kier molecular flexibility index (Phi) is 20.8. The molecule has 0 aliphatic carbocycles. The number of hydrogen-bond acceptors (Lipinski definition) is 4. The number of hydrogen-bond donors (Lipinski definition) is 0. The van der Waals surface area contributed by atoms with E-state index < -0.39 is 0 Å². The topological polar surface area (TPSA) is 52.6 Å². The number of carbonyl (C=O) groups is 2. The molecule has 0 aromatic carbocycles. The summed E-state index contributed by atoms with van der Waals surface area (Å²) in [5.41, 5.74) is 0. The van der Waals surface area contributed by atoms with E-state index in [2.05, 4.69) is 41.5 Å². The van der Waals surface area contributed by atoms with Crippen LogP contribution in [0, 0.1) is 23.7 Å². The first-order valence-electron chi connectivity index (χ1n) is 14.0. The molecule has 1 unspecified atom stereocenters. The standard InChI is InChI=1S/C29H56O4/c1-24(2)22-32-28(30)20-18-16-14-12-10-8-7-9-11-13-15-17-19-27(26(5)6)21-29(31)33-23-25(3)4/h24-27H,7-23H2,1-6H3. The zero-order valence-electron chi connectivity index (χ0n) is 23.0. The van der Waals surface area contributed by atoms with Crippen LogP contribution < -0.4 is 0 Å². The molecule has 0 heterocycles. The third-order valence-corrected chi connectivity index (χ3v) is 6.23. The summed E-state index contributed by atoms with van der Waals surface area (Å²) in [6.07, 6.45) is 17.4. The van der Waals surface area contributed by atoms with Gasteiger partial charge in [-0.15, -0.1) is 0 Å². The van der Waals surface area contributed by atoms with Crippen molar-refractivity contribution in [2.24, 2.45) is 23.7 Å². The van der Waals surface area contributed by atoms with E-state index in [1.54, 1.807) is 0 Å². The minimum absolute atomic E-state index is 0.0217. The van der Waals surface area contributed by atoms with Crippen LogP contribution in [0.1, 0.15) is 138 Å². The zero-order valence-corrected chi connectivity index (χ0v) is 23.0. The third kappa shape index (κ3) is 22.5. The van der Waals surface area contributed by atoms with Crippen LogP contribution in [0.15, 0.2) is 0 Å². The van der Waals surface area contributed by atoms with Crippen molar-refractivity contribution in [1.82, 2.24) is 0 Å². The van der Waals surface area contributed by atoms with Gasteiger partial charge < -0.3 is 9.47 Å². The Hall–Kier alpha value is -1.06. The molecular formula is C29H56O4. The molecule has 0 rings (SSSR count). The van der Waals surface area contributed by atoms with E-state index >= 15 is 0 Å². The number of rotatable bonds is 22. The Morgan fingerprint density at radius 1 is 0.545 bits per heavy atom. The van der Waals surface area contributed by atoms with Gasteiger partial charge in [-0.1, -0.05) is 112 Å². The Bertz CT molecular complexity index is 470. The summed E-state index contributed by atoms with van der Waals surface area (Å²) in [7, 11) is 0. The van der Waals surface area contributed by atoms with Gasteiger partial charge in [0.2, 0.25) is 0 Å². The average molecular weight is 469 g/mol. The molecule has 0 saturated carbocycles. The Balaban J connectivity index is 3.50. The highest BCUT2D eigenvalue weighted by molar-refractivity contribution is 5.69. The number of ether oxygens (including phenoxy) is 2. The first-order valence-corrected chi connectivity index (χ1v) is 14.0. The molecule has 0 saturated heterocycles. The van der Waals surface area contributed by atoms with Crippen molar-refractivity contribution in [1.29, 1.82) is 0 Å². The number of unbranched alkanes of at least 4 members (excludes halogenated alkanes) is 11. The molecule has 33 heavy (non-hydrogen) atoms. The normalized spacial score (nSPS) is 12.5. The largest absolute Gasteiger partial charge is 0.465 e. The lowest BCUT2D eigenvalue weighted by atomic mass is 9.87. The predicted molar refractivity (Wildman–Crippen MR) is 139 cm³/mol. The molecular weight excluding hydrogens is 412 g/mol. The molecule has 4 heteroatoms. The van der Waals surface area contributed by atoms with E-state index in [0.29, 0.717) is 49.7 Å². The molecule has 4 nitrogen and oxygen atoms in total. The quantitative estimate of drug-likeness (QED) is 0.118. The lowest BCUT2D eigenvalue weighted by Gasteiger charge is -2.20. The summed E-state index contributed by atoms with van der Waals surface area (Å²) in [4.78, 5) is 23.6. The van der Waals surface area contributed by atoms with Crippen LogP contribution in [0.3, 0.4) is 0 Å². The second kappa shape index (κ2) is 21.5. The van der Waals surface area contributed by atoms with Crippen LogP contribution in [-0.2, 0) is 19.1 Å².